The molecular formula is C19H31N3O3S. The van der Waals surface area contributed by atoms with Gasteiger partial charge in [-0.2, -0.15) is 0 Å². The number of benzene rings is 1. The largest absolute Gasteiger partial charge is 0.489 e. The van der Waals surface area contributed by atoms with Crippen LogP contribution in [-0.4, -0.2) is 44.6 Å². The lowest BCUT2D eigenvalue weighted by Gasteiger charge is -2.19. The van der Waals surface area contributed by atoms with Gasteiger partial charge in [-0.1, -0.05) is 30.9 Å². The summed E-state index contributed by atoms with van der Waals surface area (Å²) < 4.78 is 29.3. The van der Waals surface area contributed by atoms with Crippen molar-refractivity contribution in [3.05, 3.63) is 42.5 Å². The number of rotatable bonds is 9. The van der Waals surface area contributed by atoms with E-state index >= 15 is 0 Å². The van der Waals surface area contributed by atoms with E-state index in [0.717, 1.165) is 11.3 Å². The van der Waals surface area contributed by atoms with E-state index in [4.69, 9.17) is 4.74 Å². The van der Waals surface area contributed by atoms with Crippen LogP contribution in [0.25, 0.3) is 0 Å². The van der Waals surface area contributed by atoms with Crippen LogP contribution in [0.3, 0.4) is 0 Å². The summed E-state index contributed by atoms with van der Waals surface area (Å²) in [5, 5.41) is 6.21. The number of para-hydroxylation sites is 1. The van der Waals surface area contributed by atoms with Crippen LogP contribution in [0.5, 0.6) is 5.75 Å². The number of hydrogen-bond donors (Lipinski definition) is 2. The average molecular weight is 382 g/mol. The van der Waals surface area contributed by atoms with Gasteiger partial charge < -0.3 is 15.4 Å². The van der Waals surface area contributed by atoms with Crippen molar-refractivity contribution in [2.75, 3.05) is 25.4 Å². The Balaban J connectivity index is 2.74. The van der Waals surface area contributed by atoms with Crippen molar-refractivity contribution in [2.45, 2.75) is 39.0 Å². The summed E-state index contributed by atoms with van der Waals surface area (Å²) in [6, 6.07) is 7.69. The molecule has 146 valence electrons. The van der Waals surface area contributed by atoms with Gasteiger partial charge in [-0.15, -0.1) is 0 Å². The fraction of sp³-hybridized carbons (Fsp3) is 0.526. The molecule has 0 aliphatic rings. The summed E-state index contributed by atoms with van der Waals surface area (Å²) in [6.45, 7) is 12.6. The van der Waals surface area contributed by atoms with Crippen molar-refractivity contribution in [2.24, 2.45) is 4.99 Å². The van der Waals surface area contributed by atoms with Crippen molar-refractivity contribution >= 4 is 15.8 Å². The molecule has 0 spiro atoms. The molecule has 0 bridgehead atoms. The molecular weight excluding hydrogens is 350 g/mol. The Morgan fingerprint density at radius 3 is 2.58 bits per heavy atom. The standard InChI is InChI=1S/C19H31N3O3S/c1-6-13-25-17-11-9-8-10-16(17)15-22-18(20-7-2)21-12-14-26(23,24)19(3,4)5/h6,8-11H,1,7,12-15H2,2-5H3,(H2,20,21,22). The molecule has 0 amide bonds. The Labute approximate surface area is 157 Å². The summed E-state index contributed by atoms with van der Waals surface area (Å²) in [5.41, 5.74) is 0.953. The lowest BCUT2D eigenvalue weighted by atomic mass is 10.2. The Hall–Kier alpha value is -2.02. The van der Waals surface area contributed by atoms with E-state index in [-0.39, 0.29) is 5.75 Å². The minimum absolute atomic E-state index is 0.0555. The number of hydrogen-bond acceptors (Lipinski definition) is 4. The highest BCUT2D eigenvalue weighted by Gasteiger charge is 2.28. The van der Waals surface area contributed by atoms with E-state index in [1.807, 2.05) is 31.2 Å². The van der Waals surface area contributed by atoms with Crippen molar-refractivity contribution in [3.63, 3.8) is 0 Å². The predicted octanol–water partition coefficient (Wildman–Crippen LogP) is 2.52. The second-order valence-electron chi connectivity index (χ2n) is 6.76. The lowest BCUT2D eigenvalue weighted by Crippen LogP contribution is -2.41. The van der Waals surface area contributed by atoms with Gasteiger partial charge in [-0.3, -0.25) is 0 Å². The zero-order valence-electron chi connectivity index (χ0n) is 16.2. The summed E-state index contributed by atoms with van der Waals surface area (Å²) >= 11 is 0. The van der Waals surface area contributed by atoms with Crippen molar-refractivity contribution < 1.29 is 13.2 Å². The second-order valence-corrected chi connectivity index (χ2v) is 9.62. The monoisotopic (exact) mass is 381 g/mol. The third-order valence-corrected chi connectivity index (χ3v) is 6.28. The molecule has 7 heteroatoms. The van der Waals surface area contributed by atoms with E-state index in [0.29, 0.717) is 32.2 Å². The average Bonchev–Trinajstić information content (AvgIpc) is 2.57. The van der Waals surface area contributed by atoms with Crippen molar-refractivity contribution in [1.82, 2.24) is 10.6 Å². The highest BCUT2D eigenvalue weighted by atomic mass is 32.2. The second kappa shape index (κ2) is 10.2. The Bertz CT molecular complexity index is 707. The van der Waals surface area contributed by atoms with Crippen molar-refractivity contribution in [1.29, 1.82) is 0 Å². The van der Waals surface area contributed by atoms with E-state index in [9.17, 15) is 8.42 Å². The van der Waals surface area contributed by atoms with Crippen LogP contribution in [0.2, 0.25) is 0 Å². The van der Waals surface area contributed by atoms with Gasteiger partial charge in [0.15, 0.2) is 15.8 Å². The first-order valence-corrected chi connectivity index (χ1v) is 10.4. The Morgan fingerprint density at radius 2 is 1.96 bits per heavy atom. The first kappa shape index (κ1) is 22.0. The molecule has 0 atom stereocenters. The topological polar surface area (TPSA) is 79.8 Å². The van der Waals surface area contributed by atoms with Gasteiger partial charge in [0.05, 0.1) is 17.0 Å². The van der Waals surface area contributed by atoms with E-state index in [2.05, 4.69) is 22.2 Å². The summed E-state index contributed by atoms with van der Waals surface area (Å²) in [6.07, 6.45) is 1.70. The number of ether oxygens (including phenoxy) is 1. The van der Waals surface area contributed by atoms with Gasteiger partial charge in [0.25, 0.3) is 0 Å². The fourth-order valence-corrected chi connectivity index (χ4v) is 3.02. The molecule has 0 heterocycles. The van der Waals surface area contributed by atoms with Crippen LogP contribution < -0.4 is 15.4 Å². The third-order valence-electron chi connectivity index (χ3n) is 3.68. The van der Waals surface area contributed by atoms with E-state index in [1.165, 1.54) is 0 Å². The SMILES string of the molecule is C=CCOc1ccccc1CN=C(NCC)NCCS(=O)(=O)C(C)(C)C. The van der Waals surface area contributed by atoms with Crippen LogP contribution in [0, 0.1) is 0 Å². The molecule has 0 aliphatic heterocycles. The smallest absolute Gasteiger partial charge is 0.191 e. The first-order valence-electron chi connectivity index (χ1n) is 8.77. The molecule has 1 rings (SSSR count). The minimum Gasteiger partial charge on any atom is -0.489 e. The summed E-state index contributed by atoms with van der Waals surface area (Å²) in [4.78, 5) is 4.53. The molecule has 6 nitrogen and oxygen atoms in total. The molecule has 2 N–H and O–H groups in total. The molecule has 26 heavy (non-hydrogen) atoms. The highest BCUT2D eigenvalue weighted by Crippen LogP contribution is 2.19. The maximum Gasteiger partial charge on any atom is 0.191 e. The predicted molar refractivity (Wildman–Crippen MR) is 108 cm³/mol. The number of aliphatic imine (C=N–C) groups is 1. The van der Waals surface area contributed by atoms with E-state index < -0.39 is 14.6 Å². The fourth-order valence-electron chi connectivity index (χ4n) is 2.04. The third kappa shape index (κ3) is 7.07. The van der Waals surface area contributed by atoms with E-state index in [1.54, 1.807) is 26.8 Å². The van der Waals surface area contributed by atoms with Crippen LogP contribution >= 0.6 is 0 Å². The zero-order valence-corrected chi connectivity index (χ0v) is 17.0. The highest BCUT2D eigenvalue weighted by molar-refractivity contribution is 7.92. The van der Waals surface area contributed by atoms with Gasteiger partial charge in [-0.25, -0.2) is 13.4 Å². The van der Waals surface area contributed by atoms with Crippen LogP contribution in [0.4, 0.5) is 0 Å². The Kier molecular flexibility index (Phi) is 8.65. The van der Waals surface area contributed by atoms with Gasteiger partial charge in [-0.05, 0) is 33.8 Å². The maximum atomic E-state index is 12.2. The summed E-state index contributed by atoms with van der Waals surface area (Å²) in [7, 11) is -3.17. The first-order chi connectivity index (χ1) is 12.2. The van der Waals surface area contributed by atoms with Gasteiger partial charge in [0, 0.05) is 18.7 Å². The number of guanidine groups is 1. The normalized spacial score (nSPS) is 12.5. The quantitative estimate of drug-likeness (QED) is 0.390. The molecule has 1 aromatic carbocycles. The summed E-state index contributed by atoms with van der Waals surface area (Å²) in [5.74, 6) is 1.40. The minimum atomic E-state index is -3.17. The Morgan fingerprint density at radius 1 is 1.27 bits per heavy atom. The van der Waals surface area contributed by atoms with Crippen molar-refractivity contribution in [3.8, 4) is 5.75 Å². The maximum absolute atomic E-state index is 12.2. The van der Waals surface area contributed by atoms with Crippen LogP contribution in [0.15, 0.2) is 41.9 Å². The number of sulfone groups is 1. The molecule has 0 aromatic heterocycles. The molecule has 0 saturated carbocycles. The number of nitrogens with one attached hydrogen (secondary N) is 2. The lowest BCUT2D eigenvalue weighted by molar-refractivity contribution is 0.359. The zero-order chi connectivity index (χ0) is 19.6. The molecule has 0 fully saturated rings. The van der Waals surface area contributed by atoms with Gasteiger partial charge in [0.2, 0.25) is 0 Å². The molecule has 0 saturated heterocycles. The number of nitrogens with zero attached hydrogens (tertiary/aromatic N) is 1. The molecule has 0 radical (unpaired) electrons. The van der Waals surface area contributed by atoms with Gasteiger partial charge in [0.1, 0.15) is 12.4 Å². The van der Waals surface area contributed by atoms with Crippen LogP contribution in [-0.2, 0) is 16.4 Å². The van der Waals surface area contributed by atoms with Gasteiger partial charge >= 0.3 is 0 Å². The van der Waals surface area contributed by atoms with Crippen LogP contribution in [0.1, 0.15) is 33.3 Å². The molecule has 0 aliphatic carbocycles. The molecule has 0 unspecified atom stereocenters. The molecule has 1 aromatic rings.